The molecule has 7 heteroatoms. The lowest BCUT2D eigenvalue weighted by Crippen LogP contribution is -2.38. The molecular formula is C13H15N5O2. The topological polar surface area (TPSA) is 97.1 Å². The summed E-state index contributed by atoms with van der Waals surface area (Å²) in [5.74, 6) is 0.671. The Hall–Kier alpha value is -2.41. The third-order valence-electron chi connectivity index (χ3n) is 3.17. The highest BCUT2D eigenvalue weighted by Crippen LogP contribution is 2.19. The van der Waals surface area contributed by atoms with Gasteiger partial charge in [0.1, 0.15) is 11.4 Å². The number of ether oxygens (including phenoxy) is 1. The van der Waals surface area contributed by atoms with E-state index in [-0.39, 0.29) is 11.4 Å². The molecule has 104 valence electrons. The monoisotopic (exact) mass is 273 g/mol. The minimum atomic E-state index is -0.280. The summed E-state index contributed by atoms with van der Waals surface area (Å²) in [5.41, 5.74) is 6.48. The van der Waals surface area contributed by atoms with E-state index in [1.54, 1.807) is 24.4 Å². The lowest BCUT2D eigenvalue weighted by Gasteiger charge is -2.27. The number of anilines is 2. The van der Waals surface area contributed by atoms with Crippen molar-refractivity contribution in [3.8, 4) is 11.3 Å². The maximum atomic E-state index is 12.2. The fourth-order valence-corrected chi connectivity index (χ4v) is 2.16. The van der Waals surface area contributed by atoms with Gasteiger partial charge in [0.05, 0.1) is 18.9 Å². The molecule has 1 saturated heterocycles. The van der Waals surface area contributed by atoms with Gasteiger partial charge in [0.15, 0.2) is 0 Å². The number of H-pyrrole nitrogens is 1. The Morgan fingerprint density at radius 2 is 2.10 bits per heavy atom. The van der Waals surface area contributed by atoms with Crippen LogP contribution in [-0.2, 0) is 4.74 Å². The van der Waals surface area contributed by atoms with Crippen molar-refractivity contribution in [3.05, 3.63) is 34.7 Å². The molecule has 0 radical (unpaired) electrons. The number of hydrogen-bond acceptors (Lipinski definition) is 6. The first kappa shape index (κ1) is 12.6. The molecule has 0 aromatic carbocycles. The average molecular weight is 273 g/mol. The average Bonchev–Trinajstić information content (AvgIpc) is 2.48. The quantitative estimate of drug-likeness (QED) is 0.814. The van der Waals surface area contributed by atoms with Crippen LogP contribution >= 0.6 is 0 Å². The van der Waals surface area contributed by atoms with Gasteiger partial charge in [-0.2, -0.15) is 4.98 Å². The minimum absolute atomic E-state index is 0.189. The lowest BCUT2D eigenvalue weighted by atomic mass is 10.2. The normalized spacial score (nSPS) is 15.3. The van der Waals surface area contributed by atoms with Crippen LogP contribution in [0.25, 0.3) is 11.3 Å². The molecule has 0 aliphatic carbocycles. The van der Waals surface area contributed by atoms with Crippen LogP contribution in [0, 0.1) is 0 Å². The van der Waals surface area contributed by atoms with Crippen molar-refractivity contribution in [1.29, 1.82) is 0 Å². The molecule has 1 aliphatic rings. The van der Waals surface area contributed by atoms with E-state index in [9.17, 15) is 4.79 Å². The Labute approximate surface area is 115 Å². The zero-order valence-corrected chi connectivity index (χ0v) is 10.9. The van der Waals surface area contributed by atoms with Crippen molar-refractivity contribution < 1.29 is 4.74 Å². The molecule has 3 N–H and O–H groups in total. The van der Waals surface area contributed by atoms with Crippen molar-refractivity contribution in [2.75, 3.05) is 36.9 Å². The van der Waals surface area contributed by atoms with E-state index in [1.807, 2.05) is 4.90 Å². The molecule has 0 amide bonds. The van der Waals surface area contributed by atoms with Gasteiger partial charge >= 0.3 is 0 Å². The van der Waals surface area contributed by atoms with Crippen LogP contribution in [0.3, 0.4) is 0 Å². The Bertz CT molecular complexity index is 650. The number of nitrogen functional groups attached to an aromatic ring is 1. The van der Waals surface area contributed by atoms with Crippen molar-refractivity contribution in [2.24, 2.45) is 0 Å². The number of rotatable bonds is 2. The summed E-state index contributed by atoms with van der Waals surface area (Å²) in [6.45, 7) is 2.61. The van der Waals surface area contributed by atoms with E-state index >= 15 is 0 Å². The van der Waals surface area contributed by atoms with Gasteiger partial charge < -0.3 is 15.4 Å². The van der Waals surface area contributed by atoms with Gasteiger partial charge in [0, 0.05) is 19.3 Å². The van der Waals surface area contributed by atoms with Gasteiger partial charge in [-0.15, -0.1) is 0 Å². The molecular weight excluding hydrogens is 258 g/mol. The summed E-state index contributed by atoms with van der Waals surface area (Å²) in [6, 6.07) is 5.32. The minimum Gasteiger partial charge on any atom is -0.383 e. The molecule has 3 heterocycles. The second-order valence-corrected chi connectivity index (χ2v) is 4.46. The smallest absolute Gasteiger partial charge is 0.263 e. The van der Waals surface area contributed by atoms with Gasteiger partial charge in [-0.25, -0.2) is 0 Å². The predicted molar refractivity (Wildman–Crippen MR) is 75.5 cm³/mol. The van der Waals surface area contributed by atoms with Crippen molar-refractivity contribution in [3.63, 3.8) is 0 Å². The number of aromatic nitrogens is 3. The number of aromatic amines is 1. The highest BCUT2D eigenvalue weighted by molar-refractivity contribution is 5.70. The van der Waals surface area contributed by atoms with E-state index in [0.29, 0.717) is 43.5 Å². The number of nitrogens with two attached hydrogens (primary N) is 1. The van der Waals surface area contributed by atoms with Crippen molar-refractivity contribution in [2.45, 2.75) is 0 Å². The first-order valence-electron chi connectivity index (χ1n) is 6.39. The van der Waals surface area contributed by atoms with Gasteiger partial charge in [-0.3, -0.25) is 14.8 Å². The van der Waals surface area contributed by atoms with E-state index in [2.05, 4.69) is 15.0 Å². The molecule has 0 saturated carbocycles. The van der Waals surface area contributed by atoms with Crippen LogP contribution in [0.5, 0.6) is 0 Å². The zero-order chi connectivity index (χ0) is 13.9. The zero-order valence-electron chi connectivity index (χ0n) is 10.9. The summed E-state index contributed by atoms with van der Waals surface area (Å²) in [4.78, 5) is 25.4. The van der Waals surface area contributed by atoms with Crippen LogP contribution in [0.15, 0.2) is 29.2 Å². The molecule has 1 aliphatic heterocycles. The molecule has 20 heavy (non-hydrogen) atoms. The van der Waals surface area contributed by atoms with Crippen molar-refractivity contribution >= 4 is 11.8 Å². The number of nitrogens with one attached hydrogen (secondary N) is 1. The first-order chi connectivity index (χ1) is 9.75. The summed E-state index contributed by atoms with van der Waals surface area (Å²) in [6.07, 6.45) is 1.62. The first-order valence-corrected chi connectivity index (χ1v) is 6.39. The molecule has 3 rings (SSSR count). The second-order valence-electron chi connectivity index (χ2n) is 4.46. The molecule has 1 fully saturated rings. The maximum Gasteiger partial charge on any atom is 0.263 e. The number of hydrogen-bond donors (Lipinski definition) is 2. The van der Waals surface area contributed by atoms with Crippen LogP contribution in [-0.4, -0.2) is 41.3 Å². The van der Waals surface area contributed by atoms with E-state index < -0.39 is 0 Å². The molecule has 0 bridgehead atoms. The number of pyridine rings is 1. The molecule has 7 nitrogen and oxygen atoms in total. The van der Waals surface area contributed by atoms with E-state index in [1.165, 1.54) is 0 Å². The Morgan fingerprint density at radius 1 is 1.30 bits per heavy atom. The predicted octanol–water partition coefficient (Wildman–Crippen LogP) is 0.251. The number of morpholine rings is 1. The number of nitrogens with zero attached hydrogens (tertiary/aromatic N) is 3. The molecule has 0 unspecified atom stereocenters. The molecule has 2 aromatic rings. The third-order valence-corrected chi connectivity index (χ3v) is 3.17. The van der Waals surface area contributed by atoms with Gasteiger partial charge in [-0.1, -0.05) is 6.07 Å². The van der Waals surface area contributed by atoms with Gasteiger partial charge in [-0.05, 0) is 12.1 Å². The van der Waals surface area contributed by atoms with Crippen molar-refractivity contribution in [1.82, 2.24) is 15.0 Å². The fraction of sp³-hybridized carbons (Fsp3) is 0.308. The molecule has 0 atom stereocenters. The Morgan fingerprint density at radius 3 is 2.75 bits per heavy atom. The maximum absolute atomic E-state index is 12.2. The highest BCUT2D eigenvalue weighted by atomic mass is 16.5. The van der Waals surface area contributed by atoms with Gasteiger partial charge in [0.2, 0.25) is 5.95 Å². The SMILES string of the molecule is Nc1nc(N2CCOCC2)[nH]c(=O)c1-c1ccccn1. The third kappa shape index (κ3) is 2.35. The van der Waals surface area contributed by atoms with E-state index in [0.717, 1.165) is 0 Å². The van der Waals surface area contributed by atoms with Crippen LogP contribution in [0.4, 0.5) is 11.8 Å². The highest BCUT2D eigenvalue weighted by Gasteiger charge is 2.17. The van der Waals surface area contributed by atoms with Crippen LogP contribution < -0.4 is 16.2 Å². The lowest BCUT2D eigenvalue weighted by molar-refractivity contribution is 0.122. The van der Waals surface area contributed by atoms with Gasteiger partial charge in [0.25, 0.3) is 5.56 Å². The van der Waals surface area contributed by atoms with Crippen LogP contribution in [0.1, 0.15) is 0 Å². The summed E-state index contributed by atoms with van der Waals surface area (Å²) in [7, 11) is 0. The molecule has 0 spiro atoms. The Balaban J connectivity index is 2.01. The summed E-state index contributed by atoms with van der Waals surface area (Å²) >= 11 is 0. The standard InChI is InChI=1S/C13H15N5O2/c14-11-10(9-3-1-2-4-15-9)12(19)17-13(16-11)18-5-7-20-8-6-18/h1-4H,5-8H2,(H3,14,16,17,19). The fourth-order valence-electron chi connectivity index (χ4n) is 2.16. The second kappa shape index (κ2) is 5.30. The Kier molecular flexibility index (Phi) is 3.34. The van der Waals surface area contributed by atoms with Crippen LogP contribution in [0.2, 0.25) is 0 Å². The van der Waals surface area contributed by atoms with E-state index in [4.69, 9.17) is 10.5 Å². The molecule has 2 aromatic heterocycles. The largest absolute Gasteiger partial charge is 0.383 e. The summed E-state index contributed by atoms with van der Waals surface area (Å²) in [5, 5.41) is 0. The summed E-state index contributed by atoms with van der Waals surface area (Å²) < 4.78 is 5.27.